The fraction of sp³-hybridized carbons (Fsp3) is 0.385. The lowest BCUT2D eigenvalue weighted by molar-refractivity contribution is -0.116. The Morgan fingerprint density at radius 2 is 2.30 bits per heavy atom. The molecule has 1 aromatic carbocycles. The summed E-state index contributed by atoms with van der Waals surface area (Å²) in [5.74, 6) is -0.321. The summed E-state index contributed by atoms with van der Waals surface area (Å²) in [6.45, 7) is 0.861. The van der Waals surface area contributed by atoms with Crippen molar-refractivity contribution in [1.29, 1.82) is 0 Å². The molecule has 108 valence electrons. The molecule has 1 aromatic rings. The second kappa shape index (κ2) is 6.71. The molecular formula is C13H15FN2O3S. The second-order valence-corrected chi connectivity index (χ2v) is 5.62. The Balaban J connectivity index is 2.01. The van der Waals surface area contributed by atoms with Gasteiger partial charge in [-0.1, -0.05) is 0 Å². The maximum Gasteiger partial charge on any atom is 0.337 e. The molecule has 0 aliphatic carbocycles. The van der Waals surface area contributed by atoms with Gasteiger partial charge in [-0.3, -0.25) is 4.79 Å². The minimum absolute atomic E-state index is 0.0856. The third kappa shape index (κ3) is 3.94. The van der Waals surface area contributed by atoms with Crippen molar-refractivity contribution < 1.29 is 19.1 Å². The largest absolute Gasteiger partial charge is 0.478 e. The Kier molecular flexibility index (Phi) is 4.97. The Morgan fingerprint density at radius 1 is 1.50 bits per heavy atom. The van der Waals surface area contributed by atoms with E-state index in [1.54, 1.807) is 11.8 Å². The number of carbonyl (C=O) groups excluding carboxylic acids is 1. The van der Waals surface area contributed by atoms with Gasteiger partial charge in [0.1, 0.15) is 5.82 Å². The van der Waals surface area contributed by atoms with Crippen molar-refractivity contribution in [2.75, 3.05) is 23.4 Å². The van der Waals surface area contributed by atoms with Gasteiger partial charge in [0.15, 0.2) is 0 Å². The van der Waals surface area contributed by atoms with E-state index in [-0.39, 0.29) is 29.6 Å². The Bertz CT molecular complexity index is 518. The van der Waals surface area contributed by atoms with Crippen LogP contribution in [-0.4, -0.2) is 41.1 Å². The molecule has 5 nitrogen and oxygen atoms in total. The second-order valence-electron chi connectivity index (χ2n) is 4.47. The molecule has 2 rings (SSSR count). The number of rotatable bonds is 4. The first kappa shape index (κ1) is 14.8. The summed E-state index contributed by atoms with van der Waals surface area (Å²) in [7, 11) is 0. The van der Waals surface area contributed by atoms with Crippen LogP contribution in [0.5, 0.6) is 0 Å². The summed E-state index contributed by atoms with van der Waals surface area (Å²) in [5.41, 5.74) is -0.128. The van der Waals surface area contributed by atoms with E-state index < -0.39 is 11.8 Å². The summed E-state index contributed by atoms with van der Waals surface area (Å²) < 4.78 is 13.0. The zero-order chi connectivity index (χ0) is 14.5. The minimum atomic E-state index is -1.27. The summed E-state index contributed by atoms with van der Waals surface area (Å²) in [6.07, 6.45) is 0.267. The molecule has 0 bridgehead atoms. The fourth-order valence-corrected chi connectivity index (χ4v) is 2.93. The van der Waals surface area contributed by atoms with E-state index in [1.807, 2.05) is 0 Å². The standard InChI is InChI=1S/C13H15FN2O3S/c14-8-1-2-11(10(5-8)13(18)19)16-12(17)6-9-7-20-4-3-15-9/h1-2,5,9,15H,3-4,6-7H2,(H,16,17)(H,18,19). The molecule has 1 unspecified atom stereocenters. The highest BCUT2D eigenvalue weighted by Crippen LogP contribution is 2.18. The van der Waals surface area contributed by atoms with Gasteiger partial charge in [-0.2, -0.15) is 11.8 Å². The summed E-state index contributed by atoms with van der Waals surface area (Å²) in [5, 5.41) is 14.7. The van der Waals surface area contributed by atoms with Crippen molar-refractivity contribution >= 4 is 29.3 Å². The van der Waals surface area contributed by atoms with Crippen LogP contribution in [0.2, 0.25) is 0 Å². The van der Waals surface area contributed by atoms with Crippen LogP contribution in [0.15, 0.2) is 18.2 Å². The number of carboxylic acid groups (broad SMARTS) is 1. The van der Waals surface area contributed by atoms with Crippen molar-refractivity contribution in [1.82, 2.24) is 5.32 Å². The quantitative estimate of drug-likeness (QED) is 0.786. The molecule has 0 radical (unpaired) electrons. The molecule has 1 amide bonds. The lowest BCUT2D eigenvalue weighted by Crippen LogP contribution is -2.40. The number of hydrogen-bond donors (Lipinski definition) is 3. The van der Waals surface area contributed by atoms with Crippen molar-refractivity contribution in [3.63, 3.8) is 0 Å². The summed E-state index contributed by atoms with van der Waals surface area (Å²) in [6, 6.07) is 3.37. The molecule has 7 heteroatoms. The molecule has 0 saturated carbocycles. The number of amides is 1. The van der Waals surface area contributed by atoms with Gasteiger partial charge in [-0.25, -0.2) is 9.18 Å². The number of benzene rings is 1. The number of aromatic carboxylic acids is 1. The van der Waals surface area contributed by atoms with Crippen LogP contribution >= 0.6 is 11.8 Å². The van der Waals surface area contributed by atoms with Gasteiger partial charge < -0.3 is 15.7 Å². The first-order valence-electron chi connectivity index (χ1n) is 6.20. The van der Waals surface area contributed by atoms with Crippen LogP contribution in [0.3, 0.4) is 0 Å². The van der Waals surface area contributed by atoms with Crippen LogP contribution in [0.25, 0.3) is 0 Å². The monoisotopic (exact) mass is 298 g/mol. The van der Waals surface area contributed by atoms with Gasteiger partial charge in [0.05, 0.1) is 11.3 Å². The molecule has 0 spiro atoms. The van der Waals surface area contributed by atoms with Gasteiger partial charge in [0.2, 0.25) is 5.91 Å². The average Bonchev–Trinajstić information content (AvgIpc) is 2.41. The molecular weight excluding hydrogens is 283 g/mol. The number of nitrogens with one attached hydrogen (secondary N) is 2. The summed E-state index contributed by atoms with van der Waals surface area (Å²) >= 11 is 1.78. The van der Waals surface area contributed by atoms with Crippen molar-refractivity contribution in [3.8, 4) is 0 Å². The number of thioether (sulfide) groups is 1. The smallest absolute Gasteiger partial charge is 0.337 e. The van der Waals surface area contributed by atoms with Crippen molar-refractivity contribution in [2.24, 2.45) is 0 Å². The molecule has 1 saturated heterocycles. The normalized spacial score (nSPS) is 18.6. The van der Waals surface area contributed by atoms with Gasteiger partial charge in [0, 0.05) is 30.5 Å². The fourth-order valence-electron chi connectivity index (χ4n) is 1.98. The Labute approximate surface area is 119 Å². The lowest BCUT2D eigenvalue weighted by Gasteiger charge is -2.22. The zero-order valence-electron chi connectivity index (χ0n) is 10.7. The third-order valence-corrected chi connectivity index (χ3v) is 4.05. The predicted octanol–water partition coefficient (Wildman–Crippen LogP) is 1.56. The van der Waals surface area contributed by atoms with Crippen LogP contribution in [0, 0.1) is 5.82 Å². The van der Waals surface area contributed by atoms with E-state index >= 15 is 0 Å². The molecule has 1 aliphatic heterocycles. The number of carboxylic acids is 1. The Morgan fingerprint density at radius 3 is 2.95 bits per heavy atom. The predicted molar refractivity (Wildman–Crippen MR) is 75.7 cm³/mol. The van der Waals surface area contributed by atoms with Crippen LogP contribution in [0.4, 0.5) is 10.1 Å². The number of halogens is 1. The third-order valence-electron chi connectivity index (χ3n) is 2.92. The van der Waals surface area contributed by atoms with Gasteiger partial charge in [-0.05, 0) is 18.2 Å². The van der Waals surface area contributed by atoms with Gasteiger partial charge in [-0.15, -0.1) is 0 Å². The highest BCUT2D eigenvalue weighted by Gasteiger charge is 2.18. The van der Waals surface area contributed by atoms with Crippen LogP contribution in [-0.2, 0) is 4.79 Å². The topological polar surface area (TPSA) is 78.4 Å². The molecule has 1 fully saturated rings. The van der Waals surface area contributed by atoms with Crippen molar-refractivity contribution in [2.45, 2.75) is 12.5 Å². The molecule has 1 aliphatic rings. The van der Waals surface area contributed by atoms with E-state index in [1.165, 1.54) is 6.07 Å². The first-order chi connectivity index (χ1) is 9.56. The van der Waals surface area contributed by atoms with E-state index in [4.69, 9.17) is 5.11 Å². The number of carbonyl (C=O) groups is 2. The zero-order valence-corrected chi connectivity index (χ0v) is 11.5. The maximum atomic E-state index is 13.0. The van der Waals surface area contributed by atoms with Gasteiger partial charge >= 0.3 is 5.97 Å². The Hall–Kier alpha value is -1.60. The van der Waals surface area contributed by atoms with Gasteiger partial charge in [0.25, 0.3) is 0 Å². The number of hydrogen-bond acceptors (Lipinski definition) is 4. The number of anilines is 1. The van der Waals surface area contributed by atoms with E-state index in [0.717, 1.165) is 30.2 Å². The van der Waals surface area contributed by atoms with E-state index in [2.05, 4.69) is 10.6 Å². The van der Waals surface area contributed by atoms with Crippen LogP contribution in [0.1, 0.15) is 16.8 Å². The average molecular weight is 298 g/mol. The maximum absolute atomic E-state index is 13.0. The van der Waals surface area contributed by atoms with Crippen molar-refractivity contribution in [3.05, 3.63) is 29.6 Å². The molecule has 0 aromatic heterocycles. The molecule has 1 heterocycles. The summed E-state index contributed by atoms with van der Waals surface area (Å²) in [4.78, 5) is 22.9. The van der Waals surface area contributed by atoms with E-state index in [9.17, 15) is 14.0 Å². The van der Waals surface area contributed by atoms with E-state index in [0.29, 0.717) is 0 Å². The SMILES string of the molecule is O=C(CC1CSCCN1)Nc1ccc(F)cc1C(=O)O. The highest BCUT2D eigenvalue weighted by atomic mass is 32.2. The first-order valence-corrected chi connectivity index (χ1v) is 7.35. The lowest BCUT2D eigenvalue weighted by atomic mass is 10.1. The molecule has 3 N–H and O–H groups in total. The molecule has 1 atom stereocenters. The minimum Gasteiger partial charge on any atom is -0.478 e. The van der Waals surface area contributed by atoms with Crippen LogP contribution < -0.4 is 10.6 Å². The highest BCUT2D eigenvalue weighted by molar-refractivity contribution is 7.99. The molecule has 20 heavy (non-hydrogen) atoms.